The van der Waals surface area contributed by atoms with Crippen molar-refractivity contribution in [3.05, 3.63) is 97.2 Å². The van der Waals surface area contributed by atoms with Crippen LogP contribution in [0.3, 0.4) is 0 Å². The number of rotatable bonds is 55. The number of unbranched alkanes of at least 4 members (excludes halogenated alkanes) is 28. The first-order valence-corrected chi connectivity index (χ1v) is 30.7. The zero-order valence-corrected chi connectivity index (χ0v) is 47.9. The molecule has 0 bridgehead atoms. The molecule has 0 spiro atoms. The Bertz CT molecular complexity index is 1440. The van der Waals surface area contributed by atoms with Gasteiger partial charge in [0.05, 0.1) is 0 Å². The van der Waals surface area contributed by atoms with E-state index >= 15 is 0 Å². The molecule has 1 unspecified atom stereocenters. The summed E-state index contributed by atoms with van der Waals surface area (Å²) in [5.41, 5.74) is 0. The third kappa shape index (κ3) is 59.1. The molecule has 0 amide bonds. The smallest absolute Gasteiger partial charge is 0.306 e. The van der Waals surface area contributed by atoms with Crippen molar-refractivity contribution in [1.82, 2.24) is 0 Å². The number of hydrogen-bond donors (Lipinski definition) is 0. The highest BCUT2D eigenvalue weighted by Gasteiger charge is 2.19. The first kappa shape index (κ1) is 69.3. The lowest BCUT2D eigenvalue weighted by Gasteiger charge is -2.18. The van der Waals surface area contributed by atoms with Crippen LogP contribution < -0.4 is 0 Å². The molecule has 0 aliphatic rings. The first-order valence-electron chi connectivity index (χ1n) is 30.7. The molecular weight excluding hydrogens is 901 g/mol. The highest BCUT2D eigenvalue weighted by atomic mass is 16.6. The minimum Gasteiger partial charge on any atom is -0.462 e. The number of ether oxygens (including phenoxy) is 3. The normalized spacial score (nSPS) is 12.8. The Morgan fingerprint density at radius 1 is 0.288 bits per heavy atom. The van der Waals surface area contributed by atoms with Gasteiger partial charge >= 0.3 is 17.9 Å². The highest BCUT2D eigenvalue weighted by molar-refractivity contribution is 5.71. The van der Waals surface area contributed by atoms with Gasteiger partial charge in [-0.15, -0.1) is 0 Å². The number of carbonyl (C=O) groups is 3. The van der Waals surface area contributed by atoms with Crippen LogP contribution in [-0.4, -0.2) is 37.2 Å². The number of hydrogen-bond acceptors (Lipinski definition) is 6. The molecule has 0 fully saturated rings. The molecule has 0 N–H and O–H groups in total. The predicted octanol–water partition coefficient (Wildman–Crippen LogP) is 20.9. The van der Waals surface area contributed by atoms with Crippen LogP contribution in [0, 0.1) is 0 Å². The molecule has 0 radical (unpaired) electrons. The molecule has 0 aliphatic heterocycles. The van der Waals surface area contributed by atoms with Crippen LogP contribution in [0.5, 0.6) is 0 Å². The van der Waals surface area contributed by atoms with Crippen molar-refractivity contribution < 1.29 is 28.6 Å². The fourth-order valence-corrected chi connectivity index (χ4v) is 8.48. The van der Waals surface area contributed by atoms with E-state index in [1.807, 2.05) is 0 Å². The lowest BCUT2D eigenvalue weighted by atomic mass is 10.0. The van der Waals surface area contributed by atoms with Crippen LogP contribution in [0.1, 0.15) is 290 Å². The Morgan fingerprint density at radius 3 is 0.836 bits per heavy atom. The summed E-state index contributed by atoms with van der Waals surface area (Å²) in [7, 11) is 0. The third-order valence-electron chi connectivity index (χ3n) is 13.1. The average molecular weight is 1020 g/mol. The maximum atomic E-state index is 12.9. The fourth-order valence-electron chi connectivity index (χ4n) is 8.48. The van der Waals surface area contributed by atoms with Gasteiger partial charge in [-0.05, 0) is 103 Å². The van der Waals surface area contributed by atoms with Gasteiger partial charge in [0.1, 0.15) is 13.2 Å². The molecule has 0 rings (SSSR count). The second kappa shape index (κ2) is 60.9. The summed E-state index contributed by atoms with van der Waals surface area (Å²) in [6, 6.07) is 0. The van der Waals surface area contributed by atoms with Gasteiger partial charge in [0, 0.05) is 19.3 Å². The van der Waals surface area contributed by atoms with E-state index in [0.29, 0.717) is 19.3 Å². The zero-order chi connectivity index (χ0) is 52.9. The first-order chi connectivity index (χ1) is 36.0. The maximum Gasteiger partial charge on any atom is 0.306 e. The van der Waals surface area contributed by atoms with Gasteiger partial charge in [0.25, 0.3) is 0 Å². The van der Waals surface area contributed by atoms with Crippen molar-refractivity contribution in [2.24, 2.45) is 0 Å². The molecule has 0 aromatic rings. The van der Waals surface area contributed by atoms with Gasteiger partial charge in [-0.2, -0.15) is 0 Å². The van der Waals surface area contributed by atoms with Crippen LogP contribution in [0.15, 0.2) is 97.2 Å². The van der Waals surface area contributed by atoms with Crippen molar-refractivity contribution in [2.45, 2.75) is 297 Å². The molecule has 6 heteroatoms. The van der Waals surface area contributed by atoms with Gasteiger partial charge in [-0.3, -0.25) is 14.4 Å². The Hall–Kier alpha value is -3.67. The number of carbonyl (C=O) groups excluding carboxylic acids is 3. The Morgan fingerprint density at radius 2 is 0.534 bits per heavy atom. The Labute approximate surface area is 451 Å². The van der Waals surface area contributed by atoms with Crippen molar-refractivity contribution in [2.75, 3.05) is 13.2 Å². The Kier molecular flexibility index (Phi) is 57.8. The van der Waals surface area contributed by atoms with Gasteiger partial charge in [0.15, 0.2) is 6.10 Å². The van der Waals surface area contributed by atoms with Crippen LogP contribution in [-0.2, 0) is 28.6 Å². The summed E-state index contributed by atoms with van der Waals surface area (Å²) in [5.74, 6) is -0.910. The quantitative estimate of drug-likeness (QED) is 0.0261. The molecule has 0 aromatic heterocycles. The van der Waals surface area contributed by atoms with Gasteiger partial charge in [-0.25, -0.2) is 0 Å². The topological polar surface area (TPSA) is 78.9 Å². The third-order valence-corrected chi connectivity index (χ3v) is 13.1. The van der Waals surface area contributed by atoms with Gasteiger partial charge in [0.2, 0.25) is 0 Å². The average Bonchev–Trinajstić information content (AvgIpc) is 3.39. The molecular formula is C67H114O6. The van der Waals surface area contributed by atoms with E-state index in [2.05, 4.69) is 118 Å². The molecule has 0 aliphatic carbocycles. The van der Waals surface area contributed by atoms with Crippen molar-refractivity contribution >= 4 is 17.9 Å². The molecule has 0 saturated carbocycles. The zero-order valence-electron chi connectivity index (χ0n) is 47.9. The molecule has 0 aromatic carbocycles. The van der Waals surface area contributed by atoms with E-state index in [1.165, 1.54) is 135 Å². The van der Waals surface area contributed by atoms with E-state index in [0.717, 1.165) is 116 Å². The fraction of sp³-hybridized carbons (Fsp3) is 0.716. The number of allylic oxidation sites excluding steroid dienone is 16. The number of esters is 3. The van der Waals surface area contributed by atoms with E-state index in [-0.39, 0.29) is 31.1 Å². The largest absolute Gasteiger partial charge is 0.462 e. The highest BCUT2D eigenvalue weighted by Crippen LogP contribution is 2.15. The molecule has 0 heterocycles. The van der Waals surface area contributed by atoms with Gasteiger partial charge < -0.3 is 14.2 Å². The minimum atomic E-state index is -0.789. The van der Waals surface area contributed by atoms with Crippen LogP contribution >= 0.6 is 0 Å². The van der Waals surface area contributed by atoms with E-state index < -0.39 is 6.10 Å². The molecule has 73 heavy (non-hydrogen) atoms. The lowest BCUT2D eigenvalue weighted by Crippen LogP contribution is -2.30. The second-order valence-electron chi connectivity index (χ2n) is 20.2. The summed E-state index contributed by atoms with van der Waals surface area (Å²) in [6.45, 7) is 6.49. The summed E-state index contributed by atoms with van der Waals surface area (Å²) >= 11 is 0. The van der Waals surface area contributed by atoms with Crippen molar-refractivity contribution in [3.8, 4) is 0 Å². The maximum absolute atomic E-state index is 12.9. The van der Waals surface area contributed by atoms with Gasteiger partial charge in [-0.1, -0.05) is 266 Å². The van der Waals surface area contributed by atoms with E-state index in [9.17, 15) is 14.4 Å². The van der Waals surface area contributed by atoms with Crippen LogP contribution in [0.25, 0.3) is 0 Å². The summed E-state index contributed by atoms with van der Waals surface area (Å²) in [6.07, 6.45) is 81.3. The summed E-state index contributed by atoms with van der Waals surface area (Å²) in [4.78, 5) is 38.1. The van der Waals surface area contributed by atoms with Crippen LogP contribution in [0.2, 0.25) is 0 Å². The lowest BCUT2D eigenvalue weighted by molar-refractivity contribution is -0.167. The SMILES string of the molecule is CC/C=C\C/C=C\C/C=C\C/C=C\C/C=C\C/C=C\CCCCCCC(=O)OCC(COC(=O)CCCCCCCCCCC)OC(=O)CCCCCCCCCCCCC/C=C\C/C=C\CCCCCCC. The minimum absolute atomic E-state index is 0.0852. The van der Waals surface area contributed by atoms with Crippen molar-refractivity contribution in [3.63, 3.8) is 0 Å². The Balaban J connectivity index is 4.30. The standard InChI is InChI=1S/C67H114O6/c1-4-7-10-13-16-19-21-23-25-27-29-31-33-35-37-39-41-43-45-48-51-54-57-60-66(69)72-63-64(62-71-65(68)59-56-53-50-47-18-15-12-9-6-3)73-67(70)61-58-55-52-49-46-44-42-40-38-36-34-32-30-28-26-24-22-20-17-14-11-8-5-2/h7,10,16,19,22-25,28-31,35,37,41,43,64H,4-6,8-9,11-15,17-18,20-21,26-27,32-34,36,38-40,42,44-63H2,1-3H3/b10-7-,19-16-,24-22-,25-23-,30-28-,31-29-,37-35-,43-41-. The summed E-state index contributed by atoms with van der Waals surface area (Å²) in [5, 5.41) is 0. The monoisotopic (exact) mass is 1010 g/mol. The van der Waals surface area contributed by atoms with Crippen molar-refractivity contribution in [1.29, 1.82) is 0 Å². The molecule has 0 saturated heterocycles. The molecule has 418 valence electrons. The van der Waals surface area contributed by atoms with E-state index in [4.69, 9.17) is 14.2 Å². The molecule has 6 nitrogen and oxygen atoms in total. The van der Waals surface area contributed by atoms with E-state index in [1.54, 1.807) is 0 Å². The van der Waals surface area contributed by atoms with Crippen LogP contribution in [0.4, 0.5) is 0 Å². The molecule has 1 atom stereocenters. The predicted molar refractivity (Wildman–Crippen MR) is 316 cm³/mol. The summed E-state index contributed by atoms with van der Waals surface area (Å²) < 4.78 is 16.8. The second-order valence-corrected chi connectivity index (χ2v) is 20.2.